The lowest BCUT2D eigenvalue weighted by Crippen LogP contribution is -2.55. The van der Waals surface area contributed by atoms with Crippen molar-refractivity contribution in [1.82, 2.24) is 14.8 Å². The molecule has 3 aromatic rings. The standard InChI is InChI=1S/C31H34F4N4O4.C5H3F3OS/c1-2-5-25-22(6-4-15-39(25)29(43)27-23(31(33,34)35)7-3-14-37-27)28(42)38-16-12-30(19-36,13-17-38)24-18-21(32)10-8-20(24)9-11-26(40)41;6-5(7,8)4-1-3(9)2-10-4/h3,7-8,10,14,18,22,25H,2,4-6,9,11-13,15-17H2,1H3,(H,40,41);1-2,9H. The number of piperidine rings is 2. The van der Waals surface area contributed by atoms with E-state index < -0.39 is 63.6 Å². The molecule has 2 aromatic heterocycles. The number of nitriles is 1. The van der Waals surface area contributed by atoms with Crippen LogP contribution in [0.1, 0.15) is 83.9 Å². The fourth-order valence-electron chi connectivity index (χ4n) is 6.90. The first-order valence-electron chi connectivity index (χ1n) is 16.8. The number of thiophene rings is 1. The molecule has 2 fully saturated rings. The molecule has 5 rings (SSSR count). The van der Waals surface area contributed by atoms with Crippen molar-refractivity contribution >= 4 is 29.1 Å². The van der Waals surface area contributed by atoms with Gasteiger partial charge >= 0.3 is 18.3 Å². The zero-order valence-electron chi connectivity index (χ0n) is 28.5. The molecule has 2 atom stereocenters. The van der Waals surface area contributed by atoms with Crippen molar-refractivity contribution in [3.05, 3.63) is 81.1 Å². The number of hydrogen-bond acceptors (Lipinski definition) is 7. The van der Waals surface area contributed by atoms with Crippen molar-refractivity contribution in [2.75, 3.05) is 19.6 Å². The van der Waals surface area contributed by atoms with Crippen LogP contribution >= 0.6 is 11.3 Å². The molecular weight excluding hydrogens is 733 g/mol. The van der Waals surface area contributed by atoms with Crippen LogP contribution in [0.2, 0.25) is 0 Å². The van der Waals surface area contributed by atoms with Gasteiger partial charge in [0.25, 0.3) is 5.91 Å². The third-order valence-electron chi connectivity index (χ3n) is 9.46. The molecule has 2 N–H and O–H groups in total. The topological polar surface area (TPSA) is 135 Å². The summed E-state index contributed by atoms with van der Waals surface area (Å²) in [7, 11) is 0. The van der Waals surface area contributed by atoms with Crippen LogP contribution in [0.25, 0.3) is 0 Å². The predicted octanol–water partition coefficient (Wildman–Crippen LogP) is 7.83. The quantitative estimate of drug-likeness (QED) is 0.223. The molecule has 2 aliphatic heterocycles. The fraction of sp³-hybridized carbons (Fsp3) is 0.472. The molecule has 1 aromatic carbocycles. The number of aromatic nitrogens is 1. The highest BCUT2D eigenvalue weighted by Crippen LogP contribution is 2.40. The van der Waals surface area contributed by atoms with Crippen LogP contribution in [0, 0.1) is 23.1 Å². The van der Waals surface area contributed by atoms with E-state index in [2.05, 4.69) is 11.1 Å². The average Bonchev–Trinajstić information content (AvgIpc) is 3.58. The Morgan fingerprint density at radius 1 is 1.06 bits per heavy atom. The second-order valence-corrected chi connectivity index (χ2v) is 13.8. The maximum absolute atomic E-state index is 14.3. The molecule has 4 heterocycles. The van der Waals surface area contributed by atoms with Gasteiger partial charge in [0.1, 0.15) is 22.1 Å². The highest BCUT2D eigenvalue weighted by molar-refractivity contribution is 7.10. The zero-order chi connectivity index (χ0) is 39.1. The number of amides is 2. The van der Waals surface area contributed by atoms with Gasteiger partial charge in [-0.3, -0.25) is 19.4 Å². The second kappa shape index (κ2) is 17.0. The molecule has 0 spiro atoms. The van der Waals surface area contributed by atoms with Crippen molar-refractivity contribution in [3.63, 3.8) is 0 Å². The van der Waals surface area contributed by atoms with Gasteiger partial charge in [-0.05, 0) is 73.9 Å². The summed E-state index contributed by atoms with van der Waals surface area (Å²) in [6, 6.07) is 8.35. The first-order chi connectivity index (χ1) is 24.9. The molecule has 0 saturated carbocycles. The number of carboxylic acid groups (broad SMARTS) is 1. The molecule has 2 unspecified atom stereocenters. The number of carbonyl (C=O) groups is 3. The molecule has 9 nitrogen and oxygen atoms in total. The largest absolute Gasteiger partial charge is 0.507 e. The van der Waals surface area contributed by atoms with E-state index in [0.717, 1.165) is 23.7 Å². The minimum Gasteiger partial charge on any atom is -0.507 e. The number of carbonyl (C=O) groups excluding carboxylic acids is 2. The third-order valence-corrected chi connectivity index (χ3v) is 10.4. The Kier molecular flexibility index (Phi) is 13.1. The van der Waals surface area contributed by atoms with Crippen LogP contribution in [0.4, 0.5) is 30.7 Å². The van der Waals surface area contributed by atoms with E-state index in [1.807, 2.05) is 6.92 Å². The van der Waals surface area contributed by atoms with E-state index in [-0.39, 0.29) is 57.0 Å². The molecule has 53 heavy (non-hydrogen) atoms. The van der Waals surface area contributed by atoms with Crippen molar-refractivity contribution in [3.8, 4) is 11.8 Å². The number of alkyl halides is 6. The summed E-state index contributed by atoms with van der Waals surface area (Å²) < 4.78 is 90.4. The van der Waals surface area contributed by atoms with Gasteiger partial charge in [0.15, 0.2) is 0 Å². The molecule has 17 heteroatoms. The van der Waals surface area contributed by atoms with Crippen LogP contribution in [-0.4, -0.2) is 68.5 Å². The van der Waals surface area contributed by atoms with E-state index >= 15 is 0 Å². The summed E-state index contributed by atoms with van der Waals surface area (Å²) in [4.78, 5) is 44.5. The summed E-state index contributed by atoms with van der Waals surface area (Å²) in [5.41, 5.74) is -1.92. The Morgan fingerprint density at radius 2 is 1.75 bits per heavy atom. The Balaban J connectivity index is 0.000000541. The van der Waals surface area contributed by atoms with Gasteiger partial charge in [0.2, 0.25) is 5.91 Å². The van der Waals surface area contributed by atoms with Crippen molar-refractivity contribution in [2.24, 2.45) is 5.92 Å². The van der Waals surface area contributed by atoms with Gasteiger partial charge < -0.3 is 20.0 Å². The number of hydrogen-bond donors (Lipinski definition) is 2. The summed E-state index contributed by atoms with van der Waals surface area (Å²) in [6.45, 7) is 2.45. The van der Waals surface area contributed by atoms with Gasteiger partial charge in [-0.1, -0.05) is 19.4 Å². The lowest BCUT2D eigenvalue weighted by Gasteiger charge is -2.44. The smallest absolute Gasteiger partial charge is 0.425 e. The number of halogens is 7. The molecule has 286 valence electrons. The van der Waals surface area contributed by atoms with E-state index in [9.17, 15) is 50.4 Å². The summed E-state index contributed by atoms with van der Waals surface area (Å²) in [5.74, 6) is -3.61. The van der Waals surface area contributed by atoms with Crippen molar-refractivity contribution in [1.29, 1.82) is 5.26 Å². The summed E-state index contributed by atoms with van der Waals surface area (Å²) in [5, 5.41) is 28.9. The number of aromatic hydroxyl groups is 1. The van der Waals surface area contributed by atoms with Gasteiger partial charge in [-0.2, -0.15) is 31.6 Å². The minimum absolute atomic E-state index is 0.133. The second-order valence-electron chi connectivity index (χ2n) is 12.9. The SMILES string of the molecule is CCCC1C(C(=O)N2CCC(C#N)(c3cc(F)ccc3CCC(=O)O)CC2)CCCN1C(=O)c1ncccc1C(F)(F)F.Oc1csc(C(F)(F)F)c1. The first kappa shape index (κ1) is 41.0. The number of aliphatic carboxylic acids is 1. The van der Waals surface area contributed by atoms with Crippen LogP contribution in [0.15, 0.2) is 48.0 Å². The van der Waals surface area contributed by atoms with Crippen molar-refractivity contribution < 1.29 is 55.3 Å². The van der Waals surface area contributed by atoms with Crippen LogP contribution < -0.4 is 0 Å². The van der Waals surface area contributed by atoms with Gasteiger partial charge in [-0.15, -0.1) is 11.3 Å². The van der Waals surface area contributed by atoms with Gasteiger partial charge in [0, 0.05) is 49.7 Å². The van der Waals surface area contributed by atoms with Crippen LogP contribution in [0.5, 0.6) is 5.75 Å². The molecule has 2 amide bonds. The fourth-order valence-corrected chi connectivity index (χ4v) is 7.54. The normalized spacial score (nSPS) is 18.8. The van der Waals surface area contributed by atoms with Crippen LogP contribution in [-0.2, 0) is 33.8 Å². The van der Waals surface area contributed by atoms with E-state index in [1.54, 1.807) is 4.90 Å². The number of nitrogens with zero attached hydrogens (tertiary/aromatic N) is 4. The number of benzene rings is 1. The Hall–Kier alpha value is -4.72. The zero-order valence-corrected chi connectivity index (χ0v) is 29.3. The first-order valence-corrected chi connectivity index (χ1v) is 17.7. The van der Waals surface area contributed by atoms with E-state index in [1.165, 1.54) is 23.1 Å². The number of rotatable bonds is 8. The number of aryl methyl sites for hydroxylation is 1. The molecule has 2 saturated heterocycles. The molecule has 0 bridgehead atoms. The summed E-state index contributed by atoms with van der Waals surface area (Å²) in [6.07, 6.45) is -5.67. The van der Waals surface area contributed by atoms with E-state index in [0.29, 0.717) is 54.2 Å². The molecule has 0 radical (unpaired) electrons. The molecule has 0 aliphatic carbocycles. The summed E-state index contributed by atoms with van der Waals surface area (Å²) >= 11 is 0.481. The van der Waals surface area contributed by atoms with Gasteiger partial charge in [0.05, 0.1) is 23.0 Å². The monoisotopic (exact) mass is 770 g/mol. The van der Waals surface area contributed by atoms with E-state index in [4.69, 9.17) is 10.2 Å². The lowest BCUT2D eigenvalue weighted by atomic mass is 9.71. The number of likely N-dealkylation sites (tertiary alicyclic amines) is 2. The highest BCUT2D eigenvalue weighted by Gasteiger charge is 2.45. The number of pyridine rings is 1. The Bertz CT molecular complexity index is 1820. The van der Waals surface area contributed by atoms with Crippen molar-refractivity contribution in [2.45, 2.75) is 82.1 Å². The Morgan fingerprint density at radius 3 is 2.30 bits per heavy atom. The number of carboxylic acids is 1. The highest BCUT2D eigenvalue weighted by atomic mass is 32.1. The minimum atomic E-state index is -4.76. The third kappa shape index (κ3) is 9.83. The maximum Gasteiger partial charge on any atom is 0.425 e. The molecular formula is C36H37F7N4O5S. The Labute approximate surface area is 304 Å². The molecule has 2 aliphatic rings. The maximum atomic E-state index is 14.3. The average molecular weight is 771 g/mol. The predicted molar refractivity (Wildman–Crippen MR) is 178 cm³/mol. The lowest BCUT2D eigenvalue weighted by molar-refractivity contribution is -0.141. The van der Waals surface area contributed by atoms with Crippen LogP contribution in [0.3, 0.4) is 0 Å². The van der Waals surface area contributed by atoms with Gasteiger partial charge in [-0.25, -0.2) is 4.39 Å².